The summed E-state index contributed by atoms with van der Waals surface area (Å²) < 4.78 is 46.7. The minimum Gasteiger partial charge on any atom is -0.371 e. The predicted molar refractivity (Wildman–Crippen MR) is 102 cm³/mol. The van der Waals surface area contributed by atoms with Crippen LogP contribution in [0.2, 0.25) is 0 Å². The number of hydrogen-bond donors (Lipinski definition) is 1. The molecule has 28 heavy (non-hydrogen) atoms. The first kappa shape index (κ1) is 18.9. The smallest absolute Gasteiger partial charge is 0.261 e. The average molecular weight is 404 g/mol. The van der Waals surface area contributed by atoms with Crippen molar-refractivity contribution < 1.29 is 22.3 Å². The van der Waals surface area contributed by atoms with Gasteiger partial charge in [-0.15, -0.1) is 0 Å². The van der Waals surface area contributed by atoms with Crippen molar-refractivity contribution >= 4 is 21.6 Å². The lowest BCUT2D eigenvalue weighted by atomic mass is 9.79. The standard InChI is InChI=1S/C20H21FN2O4S/c21-15-6-8-16(9-7-15)28(25,26)22-18-5-2-1-4-17(18)19(24)23-12-13-27-20(14-23)10-3-11-20/h1-2,4-9,22H,3,10-14H2. The van der Waals surface area contributed by atoms with E-state index in [0.29, 0.717) is 19.7 Å². The molecule has 1 aliphatic heterocycles. The molecule has 0 unspecified atom stereocenters. The molecule has 0 radical (unpaired) electrons. The molecule has 6 nitrogen and oxygen atoms in total. The van der Waals surface area contributed by atoms with Crippen molar-refractivity contribution in [2.75, 3.05) is 24.4 Å². The molecule has 8 heteroatoms. The molecule has 2 fully saturated rings. The van der Waals surface area contributed by atoms with Gasteiger partial charge in [-0.25, -0.2) is 12.8 Å². The summed E-state index contributed by atoms with van der Waals surface area (Å²) in [4.78, 5) is 14.8. The van der Waals surface area contributed by atoms with Gasteiger partial charge in [-0.2, -0.15) is 0 Å². The monoisotopic (exact) mass is 404 g/mol. The van der Waals surface area contributed by atoms with Crippen LogP contribution in [-0.4, -0.2) is 44.5 Å². The van der Waals surface area contributed by atoms with Crippen LogP contribution in [-0.2, 0) is 14.8 Å². The van der Waals surface area contributed by atoms with E-state index in [9.17, 15) is 17.6 Å². The van der Waals surface area contributed by atoms with E-state index in [4.69, 9.17) is 4.74 Å². The van der Waals surface area contributed by atoms with Crippen LogP contribution in [0.5, 0.6) is 0 Å². The quantitative estimate of drug-likeness (QED) is 0.850. The number of carbonyl (C=O) groups excluding carboxylic acids is 1. The Labute approximate surface area is 163 Å². The summed E-state index contributed by atoms with van der Waals surface area (Å²) in [5.74, 6) is -0.751. The Bertz CT molecular complexity index is 988. The Morgan fingerprint density at radius 2 is 1.82 bits per heavy atom. The van der Waals surface area contributed by atoms with Crippen LogP contribution in [0, 0.1) is 5.82 Å². The number of sulfonamides is 1. The van der Waals surface area contributed by atoms with Crippen molar-refractivity contribution in [2.24, 2.45) is 0 Å². The molecule has 1 saturated heterocycles. The van der Waals surface area contributed by atoms with Crippen LogP contribution < -0.4 is 4.72 Å². The summed E-state index contributed by atoms with van der Waals surface area (Å²) in [6.45, 7) is 1.47. The highest BCUT2D eigenvalue weighted by Crippen LogP contribution is 2.38. The first-order valence-corrected chi connectivity index (χ1v) is 10.7. The van der Waals surface area contributed by atoms with E-state index in [0.717, 1.165) is 31.4 Å². The van der Waals surface area contributed by atoms with Crippen LogP contribution in [0.4, 0.5) is 10.1 Å². The van der Waals surface area contributed by atoms with E-state index < -0.39 is 15.8 Å². The van der Waals surface area contributed by atoms with E-state index in [1.165, 1.54) is 12.1 Å². The van der Waals surface area contributed by atoms with Crippen LogP contribution in [0.1, 0.15) is 29.6 Å². The highest BCUT2D eigenvalue weighted by molar-refractivity contribution is 7.92. The molecular formula is C20H21FN2O4S. The van der Waals surface area contributed by atoms with Crippen molar-refractivity contribution in [3.05, 3.63) is 59.9 Å². The number of hydrogen-bond acceptors (Lipinski definition) is 4. The van der Waals surface area contributed by atoms with Crippen LogP contribution >= 0.6 is 0 Å². The largest absolute Gasteiger partial charge is 0.371 e. The van der Waals surface area contributed by atoms with Crippen LogP contribution in [0.15, 0.2) is 53.4 Å². The van der Waals surface area contributed by atoms with Crippen molar-refractivity contribution in [1.82, 2.24) is 4.90 Å². The lowest BCUT2D eigenvalue weighted by Gasteiger charge is -2.48. The second kappa shape index (κ2) is 7.18. The second-order valence-electron chi connectivity index (χ2n) is 7.22. The summed E-state index contributed by atoms with van der Waals surface area (Å²) in [5.41, 5.74) is 0.242. The number of amides is 1. The molecule has 148 valence electrons. The molecule has 1 N–H and O–H groups in total. The van der Waals surface area contributed by atoms with Gasteiger partial charge in [0.2, 0.25) is 0 Å². The first-order valence-electron chi connectivity index (χ1n) is 9.19. The molecular weight excluding hydrogens is 383 g/mol. The minimum atomic E-state index is -3.95. The average Bonchev–Trinajstić information content (AvgIpc) is 2.67. The fraction of sp³-hybridized carbons (Fsp3) is 0.350. The zero-order valence-corrected chi connectivity index (χ0v) is 16.0. The highest BCUT2D eigenvalue weighted by Gasteiger charge is 2.43. The maximum atomic E-state index is 13.1. The maximum Gasteiger partial charge on any atom is 0.261 e. The number of carbonyl (C=O) groups is 1. The normalized spacial score (nSPS) is 18.5. The summed E-state index contributed by atoms with van der Waals surface area (Å²) in [7, 11) is -3.95. The summed E-state index contributed by atoms with van der Waals surface area (Å²) >= 11 is 0. The van der Waals surface area contributed by atoms with Crippen LogP contribution in [0.25, 0.3) is 0 Å². The second-order valence-corrected chi connectivity index (χ2v) is 8.90. The Balaban J connectivity index is 1.58. The highest BCUT2D eigenvalue weighted by atomic mass is 32.2. The zero-order chi connectivity index (χ0) is 19.8. The fourth-order valence-corrected chi connectivity index (χ4v) is 4.72. The number of rotatable bonds is 4. The van der Waals surface area contributed by atoms with Gasteiger partial charge in [0.25, 0.3) is 15.9 Å². The lowest BCUT2D eigenvalue weighted by molar-refractivity contribution is -0.142. The van der Waals surface area contributed by atoms with Crippen molar-refractivity contribution in [1.29, 1.82) is 0 Å². The van der Waals surface area contributed by atoms with Gasteiger partial charge in [0.15, 0.2) is 0 Å². The summed E-state index contributed by atoms with van der Waals surface area (Å²) in [5, 5.41) is 0. The Kier molecular flexibility index (Phi) is 4.84. The third-order valence-corrected chi connectivity index (χ3v) is 6.71. The molecule has 0 aromatic heterocycles. The fourth-order valence-electron chi connectivity index (χ4n) is 3.64. The van der Waals surface area contributed by atoms with Crippen molar-refractivity contribution in [3.63, 3.8) is 0 Å². The van der Waals surface area contributed by atoms with E-state index in [-0.39, 0.29) is 27.7 Å². The van der Waals surface area contributed by atoms with Crippen molar-refractivity contribution in [3.8, 4) is 0 Å². The summed E-state index contributed by atoms with van der Waals surface area (Å²) in [6.07, 6.45) is 2.97. The molecule has 1 heterocycles. The van der Waals surface area contributed by atoms with Gasteiger partial charge >= 0.3 is 0 Å². The van der Waals surface area contributed by atoms with E-state index in [2.05, 4.69) is 4.72 Å². The third-order valence-electron chi connectivity index (χ3n) is 5.33. The molecule has 2 aromatic rings. The molecule has 1 amide bonds. The van der Waals surface area contributed by atoms with Gasteiger partial charge < -0.3 is 9.64 Å². The zero-order valence-electron chi connectivity index (χ0n) is 15.2. The maximum absolute atomic E-state index is 13.1. The third kappa shape index (κ3) is 3.62. The predicted octanol–water partition coefficient (Wildman–Crippen LogP) is 3.02. The van der Waals surface area contributed by atoms with Gasteiger partial charge in [-0.3, -0.25) is 9.52 Å². The number of nitrogens with one attached hydrogen (secondary N) is 1. The molecule has 1 saturated carbocycles. The van der Waals surface area contributed by atoms with Gasteiger partial charge in [0.1, 0.15) is 5.82 Å². The van der Waals surface area contributed by atoms with E-state index in [1.54, 1.807) is 29.2 Å². The number of ether oxygens (including phenoxy) is 1. The molecule has 0 bridgehead atoms. The van der Waals surface area contributed by atoms with Crippen molar-refractivity contribution in [2.45, 2.75) is 29.8 Å². The Morgan fingerprint density at radius 3 is 2.50 bits per heavy atom. The number of morpholine rings is 1. The molecule has 1 spiro atoms. The molecule has 1 aliphatic carbocycles. The van der Waals surface area contributed by atoms with Gasteiger partial charge in [0.05, 0.1) is 34.9 Å². The van der Waals surface area contributed by atoms with Crippen LogP contribution in [0.3, 0.4) is 0 Å². The molecule has 2 aliphatic rings. The molecule has 4 rings (SSSR count). The Morgan fingerprint density at radius 1 is 1.11 bits per heavy atom. The van der Waals surface area contributed by atoms with Gasteiger partial charge in [0, 0.05) is 6.54 Å². The number of para-hydroxylation sites is 1. The first-order chi connectivity index (χ1) is 13.4. The number of anilines is 1. The Hall–Kier alpha value is -2.45. The molecule has 2 aromatic carbocycles. The van der Waals surface area contributed by atoms with Gasteiger partial charge in [-0.1, -0.05) is 12.1 Å². The lowest BCUT2D eigenvalue weighted by Crippen LogP contribution is -2.57. The number of halogens is 1. The topological polar surface area (TPSA) is 75.7 Å². The van der Waals surface area contributed by atoms with Gasteiger partial charge in [-0.05, 0) is 55.7 Å². The number of benzene rings is 2. The summed E-state index contributed by atoms with van der Waals surface area (Å²) in [6, 6.07) is 11.0. The SMILES string of the molecule is O=C(c1ccccc1NS(=O)(=O)c1ccc(F)cc1)N1CCOC2(CCC2)C1. The minimum absolute atomic E-state index is 0.0732. The molecule has 0 atom stereocenters. The van der Waals surface area contributed by atoms with E-state index >= 15 is 0 Å². The van der Waals surface area contributed by atoms with E-state index in [1.807, 2.05) is 0 Å². The number of nitrogens with zero attached hydrogens (tertiary/aromatic N) is 1.